The molecule has 3 heterocycles. The van der Waals surface area contributed by atoms with Gasteiger partial charge in [-0.25, -0.2) is 0 Å². The zero-order chi connectivity index (χ0) is 28.0. The highest BCUT2D eigenvalue weighted by molar-refractivity contribution is 8.00. The number of anilines is 1. The van der Waals surface area contributed by atoms with Gasteiger partial charge in [-0.3, -0.25) is 28.9 Å². The third-order valence-corrected chi connectivity index (χ3v) is 9.29. The van der Waals surface area contributed by atoms with Crippen LogP contribution in [0.1, 0.15) is 16.4 Å². The molecular weight excluding hydrogens is 554 g/mol. The Morgan fingerprint density at radius 1 is 0.975 bits per heavy atom. The molecule has 4 aromatic rings. The van der Waals surface area contributed by atoms with Crippen LogP contribution in [-0.2, 0) is 19.2 Å². The number of benzene rings is 3. The second kappa shape index (κ2) is 10.3. The second-order valence-corrected chi connectivity index (χ2v) is 11.5. The summed E-state index contributed by atoms with van der Waals surface area (Å²) in [5.41, 5.74) is 1.16. The van der Waals surface area contributed by atoms with Crippen molar-refractivity contribution < 1.29 is 29.0 Å². The van der Waals surface area contributed by atoms with E-state index in [1.807, 2.05) is 36.4 Å². The fraction of sp³-hybridized carbons (Fsp3) is 0.179. The smallest absolute Gasteiger partial charge is 0.323 e. The van der Waals surface area contributed by atoms with Crippen molar-refractivity contribution in [1.82, 2.24) is 9.88 Å². The molecule has 0 saturated carbocycles. The van der Waals surface area contributed by atoms with E-state index in [0.717, 1.165) is 38.8 Å². The number of nitrogens with zero attached hydrogens (tertiary/aromatic N) is 1. The summed E-state index contributed by atoms with van der Waals surface area (Å²) in [4.78, 5) is 66.8. The maximum absolute atomic E-state index is 13.4. The van der Waals surface area contributed by atoms with E-state index < -0.39 is 47.3 Å². The van der Waals surface area contributed by atoms with Crippen molar-refractivity contribution in [2.75, 3.05) is 18.5 Å². The summed E-state index contributed by atoms with van der Waals surface area (Å²) in [6.45, 7) is -1.07. The number of aromatic nitrogens is 1. The van der Waals surface area contributed by atoms with E-state index in [1.54, 1.807) is 30.3 Å². The second-order valence-electron chi connectivity index (χ2n) is 9.31. The van der Waals surface area contributed by atoms with Crippen LogP contribution in [0.5, 0.6) is 5.75 Å². The molecule has 0 aliphatic carbocycles. The highest BCUT2D eigenvalue weighted by Crippen LogP contribution is 2.53. The van der Waals surface area contributed by atoms with E-state index in [-0.39, 0.29) is 11.5 Å². The lowest BCUT2D eigenvalue weighted by Crippen LogP contribution is -2.36. The van der Waals surface area contributed by atoms with Gasteiger partial charge >= 0.3 is 10.8 Å². The first kappa shape index (κ1) is 25.8. The Hall–Kier alpha value is -4.42. The molecule has 1 fully saturated rings. The van der Waals surface area contributed by atoms with E-state index in [4.69, 9.17) is 4.74 Å². The number of thioether (sulfide) groups is 1. The highest BCUT2D eigenvalue weighted by Gasteiger charge is 2.56. The van der Waals surface area contributed by atoms with Crippen LogP contribution in [-0.4, -0.2) is 57.1 Å². The van der Waals surface area contributed by atoms with E-state index in [9.17, 15) is 29.1 Å². The van der Waals surface area contributed by atoms with Gasteiger partial charge in [0, 0.05) is 27.4 Å². The molecular formula is C28H21N3O7S2. The maximum atomic E-state index is 13.4. The monoisotopic (exact) mass is 575 g/mol. The van der Waals surface area contributed by atoms with Crippen molar-refractivity contribution in [3.05, 3.63) is 86.8 Å². The maximum Gasteiger partial charge on any atom is 0.323 e. The van der Waals surface area contributed by atoms with Crippen molar-refractivity contribution in [3.8, 4) is 5.75 Å². The molecule has 2 aliphatic heterocycles. The number of ether oxygens (including phenoxy) is 1. The standard InChI is InChI=1S/C28H21N3O7S2/c32-19(29-17-10-5-7-14-6-1-2-8-15(14)17)13-38-18-11-4-3-9-16(18)21-22-24(39-25-23(21)40-28(37)30-25)27(36)31(26(22)35)12-20(33)34/h1-11,21-22,24H,12-13H2,(H,29,32)(H,30,37)(H,33,34)/t21-,22+,24-/m0/s1. The predicted molar refractivity (Wildman–Crippen MR) is 149 cm³/mol. The number of aliphatic carboxylic acids is 1. The van der Waals surface area contributed by atoms with Gasteiger partial charge in [0.1, 0.15) is 17.5 Å². The number of nitrogens with one attached hydrogen (secondary N) is 2. The summed E-state index contributed by atoms with van der Waals surface area (Å²) in [5.74, 6) is -4.30. The van der Waals surface area contributed by atoms with Crippen molar-refractivity contribution in [3.63, 3.8) is 0 Å². The van der Waals surface area contributed by atoms with E-state index in [0.29, 0.717) is 26.9 Å². The molecule has 3 atom stereocenters. The zero-order valence-electron chi connectivity index (χ0n) is 20.7. The van der Waals surface area contributed by atoms with Crippen molar-refractivity contribution in [1.29, 1.82) is 0 Å². The van der Waals surface area contributed by atoms with Crippen molar-refractivity contribution in [2.45, 2.75) is 16.2 Å². The summed E-state index contributed by atoms with van der Waals surface area (Å²) < 4.78 is 5.95. The SMILES string of the molecule is O=C(O)CN1C(=O)[C@@H]2[C@H](c3ccccc3OCC(=O)Nc3cccc4ccccc34)c3sc(=O)[nH]c3S[C@@H]2C1=O. The van der Waals surface area contributed by atoms with Crippen LogP contribution in [0, 0.1) is 5.92 Å². The van der Waals surface area contributed by atoms with Gasteiger partial charge in [0.15, 0.2) is 6.61 Å². The quantitative estimate of drug-likeness (QED) is 0.285. The van der Waals surface area contributed by atoms with Gasteiger partial charge in [0.2, 0.25) is 11.8 Å². The summed E-state index contributed by atoms with van der Waals surface area (Å²) in [6, 6.07) is 20.1. The normalized spacial score (nSPS) is 19.8. The minimum atomic E-state index is -1.30. The first-order valence-electron chi connectivity index (χ1n) is 12.3. The number of imide groups is 1. The molecule has 10 nitrogen and oxygen atoms in total. The van der Waals surface area contributed by atoms with Crippen LogP contribution in [0.4, 0.5) is 5.69 Å². The number of carbonyl (C=O) groups is 4. The molecule has 0 bridgehead atoms. The number of hydrogen-bond acceptors (Lipinski definition) is 8. The van der Waals surface area contributed by atoms with Crippen molar-refractivity contribution in [2.24, 2.45) is 5.92 Å². The Kier molecular flexibility index (Phi) is 6.64. The number of carbonyl (C=O) groups excluding carboxylic acids is 3. The number of carboxylic acids is 1. The number of carboxylic acid groups (broad SMARTS) is 1. The Bertz CT molecular complexity index is 1740. The van der Waals surface area contributed by atoms with Gasteiger partial charge in [-0.2, -0.15) is 0 Å². The van der Waals surface area contributed by atoms with E-state index in [1.165, 1.54) is 0 Å². The minimum Gasteiger partial charge on any atom is -0.483 e. The van der Waals surface area contributed by atoms with Crippen LogP contribution < -0.4 is 14.9 Å². The summed E-state index contributed by atoms with van der Waals surface area (Å²) >= 11 is 1.99. The highest BCUT2D eigenvalue weighted by atomic mass is 32.2. The number of thiazole rings is 1. The minimum absolute atomic E-state index is 0.315. The van der Waals surface area contributed by atoms with Gasteiger partial charge in [-0.15, -0.1) is 0 Å². The van der Waals surface area contributed by atoms with Crippen LogP contribution in [0.15, 0.2) is 76.6 Å². The average Bonchev–Trinajstić information content (AvgIpc) is 3.42. The first-order chi connectivity index (χ1) is 19.3. The summed E-state index contributed by atoms with van der Waals surface area (Å²) in [5, 5.41) is 13.6. The molecule has 3 amide bonds. The third-order valence-electron chi connectivity index (χ3n) is 6.89. The summed E-state index contributed by atoms with van der Waals surface area (Å²) in [6.07, 6.45) is 0. The van der Waals surface area contributed by atoms with Gasteiger partial charge < -0.3 is 20.1 Å². The molecule has 0 radical (unpaired) electrons. The number of fused-ring (bicyclic) bond motifs is 3. The Balaban J connectivity index is 1.30. The molecule has 40 heavy (non-hydrogen) atoms. The van der Waals surface area contributed by atoms with Crippen molar-refractivity contribution >= 4 is 63.2 Å². The molecule has 12 heteroatoms. The zero-order valence-corrected chi connectivity index (χ0v) is 22.3. The largest absolute Gasteiger partial charge is 0.483 e. The van der Waals surface area contributed by atoms with Crippen LogP contribution >= 0.6 is 23.1 Å². The molecule has 2 aliphatic rings. The first-order valence-corrected chi connectivity index (χ1v) is 14.0. The molecule has 1 saturated heterocycles. The molecule has 202 valence electrons. The Morgan fingerprint density at radius 2 is 1.73 bits per heavy atom. The number of rotatable bonds is 7. The van der Waals surface area contributed by atoms with Gasteiger partial charge in [0.25, 0.3) is 5.91 Å². The van der Waals surface area contributed by atoms with Gasteiger partial charge in [-0.1, -0.05) is 77.7 Å². The fourth-order valence-corrected chi connectivity index (χ4v) is 7.76. The molecule has 3 aromatic carbocycles. The van der Waals surface area contributed by atoms with E-state index >= 15 is 0 Å². The summed E-state index contributed by atoms with van der Waals surface area (Å²) in [7, 11) is 0. The number of hydrogen-bond donors (Lipinski definition) is 3. The number of para-hydroxylation sites is 1. The number of aromatic amines is 1. The fourth-order valence-electron chi connectivity index (χ4n) is 5.23. The number of likely N-dealkylation sites (tertiary alicyclic amines) is 1. The van der Waals surface area contributed by atoms with Crippen LogP contribution in [0.2, 0.25) is 0 Å². The van der Waals surface area contributed by atoms with Gasteiger partial charge in [-0.05, 0) is 17.5 Å². The lowest BCUT2D eigenvalue weighted by atomic mass is 9.82. The lowest BCUT2D eigenvalue weighted by Gasteiger charge is -2.30. The average molecular weight is 576 g/mol. The number of H-pyrrole nitrogens is 1. The third kappa shape index (κ3) is 4.54. The van der Waals surface area contributed by atoms with Gasteiger partial charge in [0.05, 0.1) is 10.9 Å². The van der Waals surface area contributed by atoms with E-state index in [2.05, 4.69) is 10.3 Å². The molecule has 0 unspecified atom stereocenters. The Morgan fingerprint density at radius 3 is 2.55 bits per heavy atom. The molecule has 6 rings (SSSR count). The molecule has 1 aromatic heterocycles. The molecule has 0 spiro atoms. The molecule has 3 N–H and O–H groups in total. The lowest BCUT2D eigenvalue weighted by molar-refractivity contribution is -0.149. The Labute approximate surface area is 235 Å². The number of amides is 3. The van der Waals surface area contributed by atoms with Crippen LogP contribution in [0.3, 0.4) is 0 Å². The predicted octanol–water partition coefficient (Wildman–Crippen LogP) is 3.28. The van der Waals surface area contributed by atoms with Crippen LogP contribution in [0.25, 0.3) is 10.8 Å². The topological polar surface area (TPSA) is 146 Å².